The third kappa shape index (κ3) is 6.31. The maximum atomic E-state index is 6.12. The fourth-order valence-electron chi connectivity index (χ4n) is 4.24. The number of likely N-dealkylation sites (tertiary alicyclic amines) is 1. The van der Waals surface area contributed by atoms with Crippen LogP contribution in [-0.2, 0) is 22.6 Å². The Morgan fingerprint density at radius 2 is 2.06 bits per heavy atom. The number of benzene rings is 1. The fourth-order valence-corrected chi connectivity index (χ4v) is 4.24. The van der Waals surface area contributed by atoms with Crippen molar-refractivity contribution in [3.63, 3.8) is 0 Å². The first-order chi connectivity index (χ1) is 15.3. The molecule has 2 aliphatic rings. The van der Waals surface area contributed by atoms with Crippen LogP contribution in [0.15, 0.2) is 47.7 Å². The largest absolute Gasteiger partial charge is 0.376 e. The lowest BCUT2D eigenvalue weighted by Gasteiger charge is -2.34. The predicted molar refractivity (Wildman–Crippen MR) is 122 cm³/mol. The predicted octanol–water partition coefficient (Wildman–Crippen LogP) is 3.06. The second-order valence-electron chi connectivity index (χ2n) is 8.28. The summed E-state index contributed by atoms with van der Waals surface area (Å²) >= 11 is 0. The van der Waals surface area contributed by atoms with Gasteiger partial charge >= 0.3 is 0 Å². The van der Waals surface area contributed by atoms with Gasteiger partial charge in [-0.3, -0.25) is 0 Å². The minimum Gasteiger partial charge on any atom is -0.376 e. The Morgan fingerprint density at radius 1 is 1.23 bits per heavy atom. The number of piperidine rings is 1. The van der Waals surface area contributed by atoms with Crippen molar-refractivity contribution in [2.24, 2.45) is 4.99 Å². The molecule has 1 unspecified atom stereocenters. The Hall–Kier alpha value is -2.38. The topological polar surface area (TPSA) is 63.9 Å². The number of nitrogens with one attached hydrogen (secondary N) is 1. The van der Waals surface area contributed by atoms with E-state index in [0.717, 1.165) is 70.4 Å². The van der Waals surface area contributed by atoms with E-state index in [1.54, 1.807) is 0 Å². The summed E-state index contributed by atoms with van der Waals surface area (Å²) in [6, 6.07) is 10.5. The van der Waals surface area contributed by atoms with E-state index >= 15 is 0 Å². The molecule has 0 amide bonds. The summed E-state index contributed by atoms with van der Waals surface area (Å²) < 4.78 is 14.0. The molecule has 168 valence electrons. The maximum absolute atomic E-state index is 6.12. The molecule has 2 saturated heterocycles. The van der Waals surface area contributed by atoms with Crippen LogP contribution in [0.3, 0.4) is 0 Å². The zero-order valence-electron chi connectivity index (χ0n) is 18.6. The second-order valence-corrected chi connectivity index (χ2v) is 8.28. The number of nitrogens with zero attached hydrogens (tertiary/aromatic N) is 4. The highest BCUT2D eigenvalue weighted by Gasteiger charge is 2.24. The molecular formula is C24H35N5O2. The van der Waals surface area contributed by atoms with Gasteiger partial charge in [-0.15, -0.1) is 0 Å². The molecule has 2 aromatic rings. The van der Waals surface area contributed by atoms with Crippen LogP contribution in [-0.4, -0.2) is 65.5 Å². The van der Waals surface area contributed by atoms with Crippen LogP contribution in [0.25, 0.3) is 0 Å². The molecule has 0 bridgehead atoms. The molecule has 0 spiro atoms. The Morgan fingerprint density at radius 3 is 2.81 bits per heavy atom. The minimum absolute atomic E-state index is 0.302. The summed E-state index contributed by atoms with van der Waals surface area (Å²) in [5, 5.41) is 3.45. The van der Waals surface area contributed by atoms with Crippen molar-refractivity contribution in [1.82, 2.24) is 19.8 Å². The number of aliphatic imine (C=N–C) groups is 1. The van der Waals surface area contributed by atoms with Crippen molar-refractivity contribution < 1.29 is 9.47 Å². The molecule has 0 aliphatic carbocycles. The first-order valence-corrected chi connectivity index (χ1v) is 11.6. The monoisotopic (exact) mass is 425 g/mol. The van der Waals surface area contributed by atoms with Gasteiger partial charge in [-0.1, -0.05) is 30.3 Å². The molecule has 3 heterocycles. The molecule has 4 rings (SSSR count). The molecule has 1 aromatic heterocycles. The molecular weight excluding hydrogens is 390 g/mol. The van der Waals surface area contributed by atoms with Gasteiger partial charge in [0.2, 0.25) is 0 Å². The lowest BCUT2D eigenvalue weighted by Crippen LogP contribution is -2.47. The van der Waals surface area contributed by atoms with Crippen LogP contribution < -0.4 is 5.32 Å². The Bertz CT molecular complexity index is 808. The second kappa shape index (κ2) is 11.3. The number of hydrogen-bond acceptors (Lipinski definition) is 4. The summed E-state index contributed by atoms with van der Waals surface area (Å²) in [5.41, 5.74) is 1.27. The van der Waals surface area contributed by atoms with Crippen LogP contribution >= 0.6 is 0 Å². The van der Waals surface area contributed by atoms with E-state index < -0.39 is 0 Å². The lowest BCUT2D eigenvalue weighted by molar-refractivity contribution is -0.0367. The average molecular weight is 426 g/mol. The standard InChI is InChI=1S/C24H35N5O2/c1-2-25-24(28-13-10-21(11-14-28)31-19-22-9-6-16-30-22)27-17-23-26-12-15-29(23)18-20-7-4-3-5-8-20/h3-5,7-8,12,15,21-22H,2,6,9-11,13-14,16-19H2,1H3,(H,25,27). The van der Waals surface area contributed by atoms with Crippen molar-refractivity contribution in [3.05, 3.63) is 54.1 Å². The van der Waals surface area contributed by atoms with Gasteiger partial charge < -0.3 is 24.3 Å². The highest BCUT2D eigenvalue weighted by atomic mass is 16.5. The third-order valence-electron chi connectivity index (χ3n) is 5.99. The van der Waals surface area contributed by atoms with Crippen molar-refractivity contribution in [2.45, 2.75) is 57.9 Å². The number of ether oxygens (including phenoxy) is 2. The average Bonchev–Trinajstić information content (AvgIpc) is 3.49. The Balaban J connectivity index is 1.30. The summed E-state index contributed by atoms with van der Waals surface area (Å²) in [7, 11) is 0. The van der Waals surface area contributed by atoms with Crippen LogP contribution in [0.2, 0.25) is 0 Å². The number of aromatic nitrogens is 2. The first kappa shape index (κ1) is 21.8. The molecule has 31 heavy (non-hydrogen) atoms. The van der Waals surface area contributed by atoms with Crippen LogP contribution in [0.1, 0.15) is 44.0 Å². The van der Waals surface area contributed by atoms with Gasteiger partial charge in [0, 0.05) is 45.2 Å². The van der Waals surface area contributed by atoms with Crippen molar-refractivity contribution >= 4 is 5.96 Å². The van der Waals surface area contributed by atoms with Gasteiger partial charge in [-0.25, -0.2) is 9.98 Å². The molecule has 2 aliphatic heterocycles. The fraction of sp³-hybridized carbons (Fsp3) is 0.583. The van der Waals surface area contributed by atoms with Crippen LogP contribution in [0, 0.1) is 0 Å². The highest BCUT2D eigenvalue weighted by molar-refractivity contribution is 5.80. The van der Waals surface area contributed by atoms with E-state index in [1.165, 1.54) is 12.0 Å². The van der Waals surface area contributed by atoms with Crippen LogP contribution in [0.4, 0.5) is 0 Å². The lowest BCUT2D eigenvalue weighted by atomic mass is 10.1. The maximum Gasteiger partial charge on any atom is 0.194 e. The number of hydrogen-bond donors (Lipinski definition) is 1. The molecule has 1 aromatic carbocycles. The minimum atomic E-state index is 0.302. The van der Waals surface area contributed by atoms with E-state index in [1.807, 2.05) is 18.5 Å². The number of rotatable bonds is 8. The third-order valence-corrected chi connectivity index (χ3v) is 5.99. The van der Waals surface area contributed by atoms with Gasteiger partial charge in [0.05, 0.1) is 18.8 Å². The molecule has 0 radical (unpaired) electrons. The molecule has 1 N–H and O–H groups in total. The normalized spacial score (nSPS) is 20.4. The SMILES string of the molecule is CCNC(=NCc1nccn1Cc1ccccc1)N1CCC(OCC2CCCO2)CC1. The first-order valence-electron chi connectivity index (χ1n) is 11.6. The van der Waals surface area contributed by atoms with Crippen molar-refractivity contribution in [1.29, 1.82) is 0 Å². The van der Waals surface area contributed by atoms with Crippen molar-refractivity contribution in [3.8, 4) is 0 Å². The summed E-state index contributed by atoms with van der Waals surface area (Å²) in [4.78, 5) is 11.8. The number of guanidine groups is 1. The van der Waals surface area contributed by atoms with E-state index in [0.29, 0.717) is 18.8 Å². The molecule has 7 heteroatoms. The molecule has 0 saturated carbocycles. The van der Waals surface area contributed by atoms with E-state index in [9.17, 15) is 0 Å². The van der Waals surface area contributed by atoms with Gasteiger partial charge in [0.25, 0.3) is 0 Å². The van der Waals surface area contributed by atoms with Gasteiger partial charge in [0.15, 0.2) is 5.96 Å². The van der Waals surface area contributed by atoms with Gasteiger partial charge in [-0.2, -0.15) is 0 Å². The zero-order chi connectivity index (χ0) is 21.3. The molecule has 2 fully saturated rings. The van der Waals surface area contributed by atoms with Gasteiger partial charge in [0.1, 0.15) is 12.4 Å². The molecule has 1 atom stereocenters. The molecule has 7 nitrogen and oxygen atoms in total. The summed E-state index contributed by atoms with van der Waals surface area (Å²) in [6.45, 7) is 7.89. The van der Waals surface area contributed by atoms with E-state index in [2.05, 4.69) is 51.0 Å². The van der Waals surface area contributed by atoms with Crippen molar-refractivity contribution in [2.75, 3.05) is 32.8 Å². The van der Waals surface area contributed by atoms with Crippen LogP contribution in [0.5, 0.6) is 0 Å². The Labute approximate surface area is 185 Å². The Kier molecular flexibility index (Phi) is 7.96. The smallest absolute Gasteiger partial charge is 0.194 e. The van der Waals surface area contributed by atoms with E-state index in [-0.39, 0.29) is 0 Å². The quantitative estimate of drug-likeness (QED) is 0.520. The summed E-state index contributed by atoms with van der Waals surface area (Å²) in [6.07, 6.45) is 8.87. The van der Waals surface area contributed by atoms with Gasteiger partial charge in [-0.05, 0) is 38.2 Å². The highest BCUT2D eigenvalue weighted by Crippen LogP contribution is 2.18. The zero-order valence-corrected chi connectivity index (χ0v) is 18.6. The van der Waals surface area contributed by atoms with E-state index in [4.69, 9.17) is 14.5 Å². The summed E-state index contributed by atoms with van der Waals surface area (Å²) in [5.74, 6) is 1.95. The number of imidazole rings is 1.